The molecule has 0 saturated heterocycles. The fourth-order valence-corrected chi connectivity index (χ4v) is 3.47. The van der Waals surface area contributed by atoms with E-state index in [2.05, 4.69) is 20.2 Å². The van der Waals surface area contributed by atoms with E-state index >= 15 is 0 Å². The van der Waals surface area contributed by atoms with Gasteiger partial charge in [-0.2, -0.15) is 9.40 Å². The summed E-state index contributed by atoms with van der Waals surface area (Å²) in [6.45, 7) is 3.74. The third-order valence-electron chi connectivity index (χ3n) is 3.40. The van der Waals surface area contributed by atoms with Crippen LogP contribution in [0.1, 0.15) is 20.3 Å². The summed E-state index contributed by atoms with van der Waals surface area (Å²) in [4.78, 5) is 11.5. The van der Waals surface area contributed by atoms with Crippen molar-refractivity contribution in [2.45, 2.75) is 31.2 Å². The van der Waals surface area contributed by atoms with Gasteiger partial charge in [0.15, 0.2) is 0 Å². The minimum Gasteiger partial charge on any atom is -0.494 e. The van der Waals surface area contributed by atoms with Gasteiger partial charge in [0.2, 0.25) is 15.9 Å². The summed E-state index contributed by atoms with van der Waals surface area (Å²) < 4.78 is 34.1. The van der Waals surface area contributed by atoms with Crippen molar-refractivity contribution in [2.24, 2.45) is 11.7 Å². The van der Waals surface area contributed by atoms with Gasteiger partial charge in [0.25, 0.3) is 0 Å². The van der Waals surface area contributed by atoms with Crippen molar-refractivity contribution in [3.8, 4) is 11.4 Å². The van der Waals surface area contributed by atoms with Gasteiger partial charge in [0.05, 0.1) is 12.0 Å². The van der Waals surface area contributed by atoms with Crippen molar-refractivity contribution in [3.05, 3.63) is 24.5 Å². The molecule has 2 aromatic rings. The zero-order valence-corrected chi connectivity index (χ0v) is 14.9. The van der Waals surface area contributed by atoms with Crippen LogP contribution in [0.2, 0.25) is 0 Å². The lowest BCUT2D eigenvalue weighted by molar-refractivity contribution is -0.119. The van der Waals surface area contributed by atoms with Crippen LogP contribution in [0.3, 0.4) is 0 Å². The second-order valence-corrected chi connectivity index (χ2v) is 7.51. The Kier molecular flexibility index (Phi) is 5.69. The second-order valence-electron chi connectivity index (χ2n) is 5.79. The largest absolute Gasteiger partial charge is 0.494 e. The van der Waals surface area contributed by atoms with Gasteiger partial charge in [-0.15, -0.1) is 5.10 Å². The number of hydrogen-bond donors (Lipinski definition) is 2. The molecule has 0 bridgehead atoms. The monoisotopic (exact) mass is 368 g/mol. The normalized spacial score (nSPS) is 13.0. The lowest BCUT2D eigenvalue weighted by Gasteiger charge is -2.18. The van der Waals surface area contributed by atoms with Crippen LogP contribution in [-0.4, -0.2) is 47.7 Å². The van der Waals surface area contributed by atoms with Crippen LogP contribution in [-0.2, 0) is 14.8 Å². The summed E-state index contributed by atoms with van der Waals surface area (Å²) in [5.74, 6) is -0.251. The summed E-state index contributed by atoms with van der Waals surface area (Å²) in [5, 5.41) is 10.8. The molecule has 1 amide bonds. The Morgan fingerprint density at radius 1 is 1.40 bits per heavy atom. The number of carbonyl (C=O) groups excluding carboxylic acids is 1. The molecule has 1 heterocycles. The number of sulfonamides is 1. The number of carbonyl (C=O) groups is 1. The van der Waals surface area contributed by atoms with Crippen LogP contribution in [0.25, 0.3) is 5.69 Å². The van der Waals surface area contributed by atoms with E-state index in [0.717, 1.165) is 0 Å². The number of benzene rings is 1. The van der Waals surface area contributed by atoms with Crippen molar-refractivity contribution in [1.29, 1.82) is 0 Å². The Hall–Kier alpha value is -2.53. The van der Waals surface area contributed by atoms with Crippen LogP contribution < -0.4 is 15.2 Å². The average Bonchev–Trinajstić information content (AvgIpc) is 3.07. The molecule has 0 fully saturated rings. The summed E-state index contributed by atoms with van der Waals surface area (Å²) >= 11 is 0. The maximum absolute atomic E-state index is 12.6. The van der Waals surface area contributed by atoms with E-state index in [1.165, 1.54) is 36.3 Å². The summed E-state index contributed by atoms with van der Waals surface area (Å²) in [6, 6.07) is 3.20. The average molecular weight is 368 g/mol. The highest BCUT2D eigenvalue weighted by Gasteiger charge is 2.25. The summed E-state index contributed by atoms with van der Waals surface area (Å²) in [7, 11) is -2.53. The summed E-state index contributed by atoms with van der Waals surface area (Å²) in [6.07, 6.45) is 1.61. The van der Waals surface area contributed by atoms with E-state index < -0.39 is 22.0 Å². The number of nitrogens with two attached hydrogens (primary N) is 1. The Bertz CT molecular complexity index is 835. The zero-order chi connectivity index (χ0) is 18.6. The highest BCUT2D eigenvalue weighted by atomic mass is 32.2. The van der Waals surface area contributed by atoms with Gasteiger partial charge < -0.3 is 10.5 Å². The van der Waals surface area contributed by atoms with Crippen molar-refractivity contribution in [1.82, 2.24) is 24.9 Å². The summed E-state index contributed by atoms with van der Waals surface area (Å²) in [5.41, 5.74) is 5.65. The zero-order valence-electron chi connectivity index (χ0n) is 14.1. The molecule has 0 radical (unpaired) electrons. The third-order valence-corrected chi connectivity index (χ3v) is 4.87. The van der Waals surface area contributed by atoms with Crippen molar-refractivity contribution in [3.63, 3.8) is 0 Å². The minimum atomic E-state index is -3.98. The van der Waals surface area contributed by atoms with Gasteiger partial charge in [-0.25, -0.2) is 8.42 Å². The standard InChI is InChI=1S/C14H20N6O4S/c1-9(2)6-11(14(15)21)17-25(22,23)10-4-5-13(24-3)12(7-10)20-8-16-18-19-20/h4-5,7-9,11,17H,6H2,1-3H3,(H2,15,21)/t11-/m1/s1. The smallest absolute Gasteiger partial charge is 0.241 e. The fourth-order valence-electron chi connectivity index (χ4n) is 2.24. The molecule has 10 nitrogen and oxygen atoms in total. The first-order valence-corrected chi connectivity index (χ1v) is 8.96. The Morgan fingerprint density at radius 2 is 2.12 bits per heavy atom. The molecular weight excluding hydrogens is 348 g/mol. The van der Waals surface area contributed by atoms with Crippen LogP contribution in [0, 0.1) is 5.92 Å². The van der Waals surface area contributed by atoms with Crippen LogP contribution in [0.15, 0.2) is 29.4 Å². The number of nitrogens with zero attached hydrogens (tertiary/aromatic N) is 4. The van der Waals surface area contributed by atoms with Crippen LogP contribution in [0.5, 0.6) is 5.75 Å². The number of nitrogens with one attached hydrogen (secondary N) is 1. The van der Waals surface area contributed by atoms with E-state index in [4.69, 9.17) is 10.5 Å². The molecule has 1 aromatic heterocycles. The number of hydrogen-bond acceptors (Lipinski definition) is 7. The van der Waals surface area contributed by atoms with Crippen molar-refractivity contribution < 1.29 is 17.9 Å². The number of rotatable bonds is 8. The molecule has 136 valence electrons. The number of primary amides is 1. The molecule has 25 heavy (non-hydrogen) atoms. The number of ether oxygens (including phenoxy) is 1. The van der Waals surface area contributed by atoms with Gasteiger partial charge in [0.1, 0.15) is 23.8 Å². The lowest BCUT2D eigenvalue weighted by atomic mass is 10.0. The van der Waals surface area contributed by atoms with Crippen LogP contribution >= 0.6 is 0 Å². The quantitative estimate of drug-likeness (QED) is 0.659. The highest BCUT2D eigenvalue weighted by Crippen LogP contribution is 2.25. The molecule has 11 heteroatoms. The minimum absolute atomic E-state index is 0.0613. The van der Waals surface area contributed by atoms with Gasteiger partial charge in [-0.1, -0.05) is 13.8 Å². The maximum Gasteiger partial charge on any atom is 0.241 e. The first-order valence-electron chi connectivity index (χ1n) is 7.47. The molecule has 0 aliphatic heterocycles. The third kappa shape index (κ3) is 4.51. The lowest BCUT2D eigenvalue weighted by Crippen LogP contribution is -2.45. The van der Waals surface area contributed by atoms with E-state index in [0.29, 0.717) is 17.9 Å². The molecule has 0 spiro atoms. The highest BCUT2D eigenvalue weighted by molar-refractivity contribution is 7.89. The first kappa shape index (κ1) is 18.8. The van der Waals surface area contributed by atoms with Gasteiger partial charge >= 0.3 is 0 Å². The molecule has 3 N–H and O–H groups in total. The van der Waals surface area contributed by atoms with E-state index in [1.807, 2.05) is 13.8 Å². The number of aromatic nitrogens is 4. The molecule has 1 aromatic carbocycles. The molecule has 0 unspecified atom stereocenters. The Balaban J connectivity index is 2.39. The van der Waals surface area contributed by atoms with Gasteiger partial charge in [-0.05, 0) is 41.0 Å². The molecule has 0 aliphatic carbocycles. The number of amides is 1. The Labute approximate surface area is 145 Å². The molecule has 2 rings (SSSR count). The van der Waals surface area contributed by atoms with Gasteiger partial charge in [0, 0.05) is 0 Å². The molecule has 0 saturated carbocycles. The topological polar surface area (TPSA) is 142 Å². The van der Waals surface area contributed by atoms with Gasteiger partial charge in [-0.3, -0.25) is 4.79 Å². The Morgan fingerprint density at radius 3 is 2.64 bits per heavy atom. The number of methoxy groups -OCH3 is 1. The van der Waals surface area contributed by atoms with E-state index in [9.17, 15) is 13.2 Å². The number of tetrazole rings is 1. The fraction of sp³-hybridized carbons (Fsp3) is 0.429. The second kappa shape index (κ2) is 7.57. The van der Waals surface area contributed by atoms with E-state index in [-0.39, 0.29) is 10.8 Å². The van der Waals surface area contributed by atoms with Crippen molar-refractivity contribution >= 4 is 15.9 Å². The predicted molar refractivity (Wildman–Crippen MR) is 88.5 cm³/mol. The predicted octanol–water partition coefficient (Wildman–Crippen LogP) is -0.151. The molecule has 0 aliphatic rings. The SMILES string of the molecule is COc1ccc(S(=O)(=O)N[C@H](CC(C)C)C(N)=O)cc1-n1cnnn1. The maximum atomic E-state index is 12.6. The van der Waals surface area contributed by atoms with Crippen LogP contribution in [0.4, 0.5) is 0 Å². The van der Waals surface area contributed by atoms with Crippen molar-refractivity contribution in [2.75, 3.05) is 7.11 Å². The molecular formula is C14H20N6O4S. The first-order chi connectivity index (χ1) is 11.7. The van der Waals surface area contributed by atoms with E-state index in [1.54, 1.807) is 0 Å². The molecule has 1 atom stereocenters.